The lowest BCUT2D eigenvalue weighted by Gasteiger charge is -2.32. The number of ether oxygens (including phenoxy) is 1. The van der Waals surface area contributed by atoms with Crippen LogP contribution in [0.3, 0.4) is 0 Å². The zero-order valence-electron chi connectivity index (χ0n) is 13.2. The molecule has 0 unspecified atom stereocenters. The van der Waals surface area contributed by atoms with Gasteiger partial charge in [-0.15, -0.1) is 0 Å². The minimum absolute atomic E-state index is 0.810. The van der Waals surface area contributed by atoms with Crippen LogP contribution in [-0.2, 0) is 13.0 Å². The predicted molar refractivity (Wildman–Crippen MR) is 88.9 cm³/mol. The third kappa shape index (κ3) is 3.86. The summed E-state index contributed by atoms with van der Waals surface area (Å²) in [4.78, 5) is 6.96. The van der Waals surface area contributed by atoms with Crippen LogP contribution in [0.25, 0.3) is 0 Å². The molecule has 1 aliphatic heterocycles. The Morgan fingerprint density at radius 3 is 2.59 bits per heavy atom. The third-order valence-electron chi connectivity index (χ3n) is 4.52. The van der Waals surface area contributed by atoms with Crippen molar-refractivity contribution in [1.82, 2.24) is 9.88 Å². The zero-order chi connectivity index (χ0) is 15.2. The summed E-state index contributed by atoms with van der Waals surface area (Å²) < 4.78 is 5.40. The van der Waals surface area contributed by atoms with Crippen LogP contribution in [0.4, 0.5) is 0 Å². The number of pyridine rings is 1. The van der Waals surface area contributed by atoms with Crippen LogP contribution in [0.1, 0.15) is 24.1 Å². The van der Waals surface area contributed by atoms with E-state index in [4.69, 9.17) is 4.74 Å². The molecule has 1 fully saturated rings. The van der Waals surface area contributed by atoms with Gasteiger partial charge in [0.05, 0.1) is 12.8 Å². The first-order chi connectivity index (χ1) is 10.8. The van der Waals surface area contributed by atoms with Crippen molar-refractivity contribution >= 4 is 0 Å². The maximum Gasteiger partial charge on any atom is 0.141 e. The molecule has 1 saturated heterocycles. The van der Waals surface area contributed by atoms with E-state index in [1.165, 1.54) is 24.8 Å². The van der Waals surface area contributed by atoms with Gasteiger partial charge in [-0.05, 0) is 56.0 Å². The smallest absolute Gasteiger partial charge is 0.141 e. The van der Waals surface area contributed by atoms with E-state index < -0.39 is 0 Å². The summed E-state index contributed by atoms with van der Waals surface area (Å²) >= 11 is 0. The van der Waals surface area contributed by atoms with Gasteiger partial charge in [-0.25, -0.2) is 0 Å². The molecule has 1 aliphatic rings. The van der Waals surface area contributed by atoms with E-state index in [2.05, 4.69) is 40.2 Å². The molecule has 0 amide bonds. The highest BCUT2D eigenvalue weighted by molar-refractivity contribution is 5.26. The number of benzene rings is 1. The first kappa shape index (κ1) is 15.0. The van der Waals surface area contributed by atoms with Crippen molar-refractivity contribution in [1.29, 1.82) is 0 Å². The number of aromatic nitrogens is 1. The Kier molecular flexibility index (Phi) is 5.07. The Labute approximate surface area is 132 Å². The van der Waals surface area contributed by atoms with Gasteiger partial charge in [0.25, 0.3) is 0 Å². The van der Waals surface area contributed by atoms with Crippen LogP contribution in [0, 0.1) is 5.92 Å². The van der Waals surface area contributed by atoms with Crippen LogP contribution >= 0.6 is 0 Å². The van der Waals surface area contributed by atoms with Gasteiger partial charge in [0.1, 0.15) is 5.75 Å². The van der Waals surface area contributed by atoms with Crippen molar-refractivity contribution < 1.29 is 4.74 Å². The van der Waals surface area contributed by atoms with E-state index in [-0.39, 0.29) is 0 Å². The Morgan fingerprint density at radius 2 is 1.86 bits per heavy atom. The van der Waals surface area contributed by atoms with E-state index in [0.29, 0.717) is 0 Å². The van der Waals surface area contributed by atoms with E-state index in [1.807, 2.05) is 18.3 Å². The number of hydrogen-bond acceptors (Lipinski definition) is 3. The molecule has 0 saturated carbocycles. The molecule has 116 valence electrons. The first-order valence-electron chi connectivity index (χ1n) is 8.09. The highest BCUT2D eigenvalue weighted by Crippen LogP contribution is 2.24. The molecule has 1 aromatic carbocycles. The van der Waals surface area contributed by atoms with Crippen molar-refractivity contribution in [2.24, 2.45) is 5.92 Å². The number of likely N-dealkylation sites (tertiary alicyclic amines) is 1. The second-order valence-corrected chi connectivity index (χ2v) is 6.06. The van der Waals surface area contributed by atoms with Crippen molar-refractivity contribution in [2.45, 2.75) is 25.8 Å². The Hall–Kier alpha value is -1.87. The molecule has 2 heterocycles. The number of piperidine rings is 1. The van der Waals surface area contributed by atoms with Crippen LogP contribution in [0.5, 0.6) is 5.75 Å². The van der Waals surface area contributed by atoms with E-state index in [0.717, 1.165) is 37.0 Å². The predicted octanol–water partition coefficient (Wildman–Crippen LogP) is 3.54. The first-order valence-corrected chi connectivity index (χ1v) is 8.09. The summed E-state index contributed by atoms with van der Waals surface area (Å²) in [6.45, 7) is 3.19. The lowest BCUT2D eigenvalue weighted by Crippen LogP contribution is -2.34. The second kappa shape index (κ2) is 7.41. The van der Waals surface area contributed by atoms with E-state index >= 15 is 0 Å². The summed E-state index contributed by atoms with van der Waals surface area (Å²) in [7, 11) is 1.71. The summed E-state index contributed by atoms with van der Waals surface area (Å²) in [5.41, 5.74) is 2.51. The fourth-order valence-corrected chi connectivity index (χ4v) is 3.24. The van der Waals surface area contributed by atoms with Gasteiger partial charge >= 0.3 is 0 Å². The minimum atomic E-state index is 0.810. The molecule has 0 atom stereocenters. The average molecular weight is 296 g/mol. The molecule has 3 heteroatoms. The molecule has 3 rings (SSSR count). The second-order valence-electron chi connectivity index (χ2n) is 6.06. The van der Waals surface area contributed by atoms with Gasteiger partial charge in [0.15, 0.2) is 0 Å². The van der Waals surface area contributed by atoms with Crippen LogP contribution in [-0.4, -0.2) is 30.1 Å². The molecule has 1 aromatic heterocycles. The van der Waals surface area contributed by atoms with Crippen LogP contribution in [0.2, 0.25) is 0 Å². The lowest BCUT2D eigenvalue weighted by molar-refractivity contribution is 0.173. The molecule has 3 nitrogen and oxygen atoms in total. The third-order valence-corrected chi connectivity index (χ3v) is 4.52. The summed E-state index contributed by atoms with van der Waals surface area (Å²) in [5.74, 6) is 1.71. The molecular weight excluding hydrogens is 272 g/mol. The van der Waals surface area contributed by atoms with Crippen LogP contribution < -0.4 is 4.74 Å². The maximum absolute atomic E-state index is 5.40. The zero-order valence-corrected chi connectivity index (χ0v) is 13.2. The Bertz CT molecular complexity index is 577. The quantitative estimate of drug-likeness (QED) is 0.844. The highest BCUT2D eigenvalue weighted by atomic mass is 16.5. The molecule has 2 aromatic rings. The summed E-state index contributed by atoms with van der Waals surface area (Å²) in [6.07, 6.45) is 5.59. The molecular formula is C19H24N2O. The van der Waals surface area contributed by atoms with Crippen molar-refractivity contribution in [3.63, 3.8) is 0 Å². The van der Waals surface area contributed by atoms with Crippen molar-refractivity contribution in [3.8, 4) is 5.75 Å². The number of hydrogen-bond donors (Lipinski definition) is 0. The number of rotatable bonds is 5. The van der Waals surface area contributed by atoms with E-state index in [9.17, 15) is 0 Å². The number of methoxy groups -OCH3 is 1. The SMILES string of the molecule is COc1cccnc1CN1CCC(Cc2ccccc2)CC1. The Morgan fingerprint density at radius 1 is 1.09 bits per heavy atom. The highest BCUT2D eigenvalue weighted by Gasteiger charge is 2.20. The molecule has 0 bridgehead atoms. The molecule has 0 radical (unpaired) electrons. The largest absolute Gasteiger partial charge is 0.495 e. The van der Waals surface area contributed by atoms with Crippen LogP contribution in [0.15, 0.2) is 48.7 Å². The monoisotopic (exact) mass is 296 g/mol. The Balaban J connectivity index is 1.51. The topological polar surface area (TPSA) is 25.4 Å². The fraction of sp³-hybridized carbons (Fsp3) is 0.421. The van der Waals surface area contributed by atoms with Gasteiger partial charge < -0.3 is 4.74 Å². The summed E-state index contributed by atoms with van der Waals surface area (Å²) in [5, 5.41) is 0. The molecule has 0 aliphatic carbocycles. The molecule has 22 heavy (non-hydrogen) atoms. The van der Waals surface area contributed by atoms with Gasteiger partial charge in [-0.3, -0.25) is 9.88 Å². The molecule has 0 spiro atoms. The van der Waals surface area contributed by atoms with E-state index in [1.54, 1.807) is 7.11 Å². The lowest BCUT2D eigenvalue weighted by atomic mass is 9.90. The summed E-state index contributed by atoms with van der Waals surface area (Å²) in [6, 6.07) is 14.8. The maximum atomic E-state index is 5.40. The van der Waals surface area contributed by atoms with Gasteiger partial charge in [0.2, 0.25) is 0 Å². The average Bonchev–Trinajstić information content (AvgIpc) is 2.58. The van der Waals surface area contributed by atoms with Gasteiger partial charge in [-0.1, -0.05) is 30.3 Å². The number of nitrogens with zero attached hydrogens (tertiary/aromatic N) is 2. The normalized spacial score (nSPS) is 16.6. The van der Waals surface area contributed by atoms with Gasteiger partial charge in [-0.2, -0.15) is 0 Å². The minimum Gasteiger partial charge on any atom is -0.495 e. The standard InChI is InChI=1S/C19H24N2O/c1-22-19-8-5-11-20-18(19)15-21-12-9-17(10-13-21)14-16-6-3-2-4-7-16/h2-8,11,17H,9-10,12-15H2,1H3. The van der Waals surface area contributed by atoms with Crippen molar-refractivity contribution in [2.75, 3.05) is 20.2 Å². The fourth-order valence-electron chi connectivity index (χ4n) is 3.24. The van der Waals surface area contributed by atoms with Gasteiger partial charge in [0, 0.05) is 12.7 Å². The molecule has 0 N–H and O–H groups in total. The van der Waals surface area contributed by atoms with Crippen molar-refractivity contribution in [3.05, 3.63) is 59.9 Å².